The first-order valence-corrected chi connectivity index (χ1v) is 6.00. The van der Waals surface area contributed by atoms with Crippen LogP contribution in [0.25, 0.3) is 22.4 Å². The van der Waals surface area contributed by atoms with Crippen molar-refractivity contribution in [1.82, 2.24) is 9.97 Å². The topological polar surface area (TPSA) is 48.9 Å². The van der Waals surface area contributed by atoms with Gasteiger partial charge in [-0.15, -0.1) is 0 Å². The smallest absolute Gasteiger partial charge is 0.141 e. The summed E-state index contributed by atoms with van der Waals surface area (Å²) in [4.78, 5) is 7.51. The highest BCUT2D eigenvalue weighted by Gasteiger charge is 2.11. The van der Waals surface area contributed by atoms with Crippen LogP contribution in [0.4, 0.5) is 4.39 Å². The number of fused-ring (bicyclic) bond motifs is 1. The van der Waals surface area contributed by atoms with Crippen LogP contribution in [0.15, 0.2) is 30.3 Å². The first kappa shape index (κ1) is 11.7. The zero-order chi connectivity index (χ0) is 13.6. The van der Waals surface area contributed by atoms with Gasteiger partial charge in [-0.3, -0.25) is 0 Å². The summed E-state index contributed by atoms with van der Waals surface area (Å²) in [5, 5.41) is 9.23. The minimum absolute atomic E-state index is 0.0935. The summed E-state index contributed by atoms with van der Waals surface area (Å²) in [6, 6.07) is 8.02. The molecule has 1 aromatic heterocycles. The summed E-state index contributed by atoms with van der Waals surface area (Å²) in [6.07, 6.45) is 0. The summed E-state index contributed by atoms with van der Waals surface area (Å²) in [5.74, 6) is -0.117. The van der Waals surface area contributed by atoms with Gasteiger partial charge in [0.2, 0.25) is 0 Å². The Hall–Kier alpha value is -2.36. The zero-order valence-corrected chi connectivity index (χ0v) is 10.7. The molecule has 0 radical (unpaired) electrons. The molecule has 0 bridgehead atoms. The zero-order valence-electron chi connectivity index (χ0n) is 10.7. The summed E-state index contributed by atoms with van der Waals surface area (Å²) < 4.78 is 13.8. The van der Waals surface area contributed by atoms with Crippen molar-refractivity contribution in [3.8, 4) is 17.1 Å². The Kier molecular flexibility index (Phi) is 2.52. The van der Waals surface area contributed by atoms with E-state index < -0.39 is 5.82 Å². The molecule has 0 aliphatic heterocycles. The van der Waals surface area contributed by atoms with Crippen LogP contribution < -0.4 is 0 Å². The number of imidazole rings is 1. The second kappa shape index (κ2) is 4.09. The van der Waals surface area contributed by atoms with Gasteiger partial charge in [0, 0.05) is 6.07 Å². The molecule has 96 valence electrons. The van der Waals surface area contributed by atoms with Crippen LogP contribution >= 0.6 is 0 Å². The Labute approximate surface area is 109 Å². The van der Waals surface area contributed by atoms with Gasteiger partial charge in [0.1, 0.15) is 17.4 Å². The fourth-order valence-electron chi connectivity index (χ4n) is 2.09. The molecular weight excluding hydrogens is 243 g/mol. The van der Waals surface area contributed by atoms with Gasteiger partial charge < -0.3 is 10.1 Å². The molecule has 3 aromatic rings. The summed E-state index contributed by atoms with van der Waals surface area (Å²) >= 11 is 0. The summed E-state index contributed by atoms with van der Waals surface area (Å²) in [6.45, 7) is 4.04. The van der Waals surface area contributed by atoms with Crippen molar-refractivity contribution in [3.05, 3.63) is 47.3 Å². The second-order valence-electron chi connectivity index (χ2n) is 4.70. The molecule has 0 aliphatic rings. The molecule has 2 aromatic carbocycles. The van der Waals surface area contributed by atoms with Gasteiger partial charge >= 0.3 is 0 Å². The third-order valence-corrected chi connectivity index (χ3v) is 3.31. The molecule has 4 heteroatoms. The van der Waals surface area contributed by atoms with Gasteiger partial charge in [0.05, 0.1) is 16.6 Å². The van der Waals surface area contributed by atoms with E-state index in [1.54, 1.807) is 0 Å². The number of phenolic OH excluding ortho intramolecular Hbond substituents is 1. The average molecular weight is 256 g/mol. The number of aromatic hydroxyl groups is 1. The summed E-state index contributed by atoms with van der Waals surface area (Å²) in [7, 11) is 0. The number of H-pyrrole nitrogens is 1. The fraction of sp³-hybridized carbons (Fsp3) is 0.133. The Morgan fingerprint density at radius 1 is 1.11 bits per heavy atom. The van der Waals surface area contributed by atoms with E-state index in [1.807, 2.05) is 26.0 Å². The molecule has 19 heavy (non-hydrogen) atoms. The standard InChI is InChI=1S/C15H13FN2O/c1-8-5-13-14(6-9(8)2)18-15(17-13)11-4-3-10(19)7-12(11)16/h3-7,19H,1-2H3,(H,17,18). The van der Waals surface area contributed by atoms with Crippen molar-refractivity contribution in [2.24, 2.45) is 0 Å². The largest absolute Gasteiger partial charge is 0.508 e. The van der Waals surface area contributed by atoms with E-state index in [0.717, 1.165) is 28.2 Å². The predicted molar refractivity (Wildman–Crippen MR) is 72.6 cm³/mol. The maximum Gasteiger partial charge on any atom is 0.141 e. The van der Waals surface area contributed by atoms with Crippen molar-refractivity contribution in [3.63, 3.8) is 0 Å². The molecule has 0 unspecified atom stereocenters. The van der Waals surface area contributed by atoms with E-state index in [4.69, 9.17) is 0 Å². The van der Waals surface area contributed by atoms with Crippen LogP contribution in [0.1, 0.15) is 11.1 Å². The van der Waals surface area contributed by atoms with Crippen molar-refractivity contribution in [1.29, 1.82) is 0 Å². The van der Waals surface area contributed by atoms with E-state index in [1.165, 1.54) is 12.1 Å². The van der Waals surface area contributed by atoms with E-state index in [2.05, 4.69) is 9.97 Å². The number of hydrogen-bond donors (Lipinski definition) is 2. The Morgan fingerprint density at radius 2 is 1.84 bits per heavy atom. The highest BCUT2D eigenvalue weighted by atomic mass is 19.1. The van der Waals surface area contributed by atoms with Gasteiger partial charge in [0.25, 0.3) is 0 Å². The number of rotatable bonds is 1. The molecular formula is C15H13FN2O. The molecule has 0 atom stereocenters. The number of nitrogens with zero attached hydrogens (tertiary/aromatic N) is 1. The number of aryl methyl sites for hydroxylation is 2. The maximum absolute atomic E-state index is 13.8. The molecule has 0 spiro atoms. The molecule has 0 saturated carbocycles. The lowest BCUT2D eigenvalue weighted by atomic mass is 10.1. The molecule has 2 N–H and O–H groups in total. The Balaban J connectivity index is 2.20. The Bertz CT molecular complexity index is 738. The predicted octanol–water partition coefficient (Wildman–Crippen LogP) is 3.69. The minimum Gasteiger partial charge on any atom is -0.508 e. The monoisotopic (exact) mass is 256 g/mol. The van der Waals surface area contributed by atoms with E-state index in [-0.39, 0.29) is 5.75 Å². The quantitative estimate of drug-likeness (QED) is 0.697. The average Bonchev–Trinajstić information content (AvgIpc) is 2.72. The highest BCUT2D eigenvalue weighted by molar-refractivity contribution is 5.81. The number of nitrogens with one attached hydrogen (secondary N) is 1. The molecule has 0 fully saturated rings. The van der Waals surface area contributed by atoms with Crippen molar-refractivity contribution in [2.75, 3.05) is 0 Å². The van der Waals surface area contributed by atoms with E-state index in [9.17, 15) is 9.50 Å². The number of halogens is 1. The molecule has 0 saturated heterocycles. The lowest BCUT2D eigenvalue weighted by Crippen LogP contribution is -1.85. The minimum atomic E-state index is -0.493. The summed E-state index contributed by atoms with van der Waals surface area (Å²) in [5.41, 5.74) is 4.35. The van der Waals surface area contributed by atoms with Crippen molar-refractivity contribution < 1.29 is 9.50 Å². The van der Waals surface area contributed by atoms with Crippen LogP contribution in [-0.4, -0.2) is 15.1 Å². The van der Waals surface area contributed by atoms with Crippen LogP contribution in [0.5, 0.6) is 5.75 Å². The number of phenols is 1. The van der Waals surface area contributed by atoms with E-state index >= 15 is 0 Å². The first-order chi connectivity index (χ1) is 9.04. The number of aromatic amines is 1. The van der Waals surface area contributed by atoms with Gasteiger partial charge in [-0.05, 0) is 49.2 Å². The van der Waals surface area contributed by atoms with Crippen molar-refractivity contribution in [2.45, 2.75) is 13.8 Å². The third-order valence-electron chi connectivity index (χ3n) is 3.31. The lowest BCUT2D eigenvalue weighted by molar-refractivity contribution is 0.469. The first-order valence-electron chi connectivity index (χ1n) is 6.00. The highest BCUT2D eigenvalue weighted by Crippen LogP contribution is 2.26. The number of benzene rings is 2. The number of aromatic nitrogens is 2. The normalized spacial score (nSPS) is 11.1. The van der Waals surface area contributed by atoms with Crippen molar-refractivity contribution >= 4 is 11.0 Å². The third kappa shape index (κ3) is 1.95. The maximum atomic E-state index is 13.8. The molecule has 3 nitrogen and oxygen atoms in total. The SMILES string of the molecule is Cc1cc2nc(-c3ccc(O)cc3F)[nH]c2cc1C. The number of hydrogen-bond acceptors (Lipinski definition) is 2. The van der Waals surface area contributed by atoms with Crippen LogP contribution in [0.2, 0.25) is 0 Å². The molecule has 0 aliphatic carbocycles. The van der Waals surface area contributed by atoms with Gasteiger partial charge in [-0.2, -0.15) is 0 Å². The van der Waals surface area contributed by atoms with E-state index in [0.29, 0.717) is 11.4 Å². The molecule has 1 heterocycles. The second-order valence-corrected chi connectivity index (χ2v) is 4.70. The van der Waals surface area contributed by atoms with Gasteiger partial charge in [-0.1, -0.05) is 0 Å². The lowest BCUT2D eigenvalue weighted by Gasteiger charge is -1.99. The Morgan fingerprint density at radius 3 is 2.58 bits per heavy atom. The van der Waals surface area contributed by atoms with Crippen LogP contribution in [0.3, 0.4) is 0 Å². The van der Waals surface area contributed by atoms with Crippen LogP contribution in [0, 0.1) is 19.7 Å². The molecule has 3 rings (SSSR count). The van der Waals surface area contributed by atoms with Crippen LogP contribution in [-0.2, 0) is 0 Å². The fourth-order valence-corrected chi connectivity index (χ4v) is 2.09. The van der Waals surface area contributed by atoms with Gasteiger partial charge in [0.15, 0.2) is 0 Å². The van der Waals surface area contributed by atoms with Gasteiger partial charge in [-0.25, -0.2) is 9.37 Å². The molecule has 0 amide bonds.